The zero-order valence-corrected chi connectivity index (χ0v) is 11.7. The topological polar surface area (TPSA) is 24.9 Å². The molecule has 1 aromatic carbocycles. The lowest BCUT2D eigenvalue weighted by atomic mass is 10.1. The summed E-state index contributed by atoms with van der Waals surface area (Å²) in [5.41, 5.74) is 4.46. The molecule has 3 heteroatoms. The summed E-state index contributed by atoms with van der Waals surface area (Å²) in [6.45, 7) is 3.17. The van der Waals surface area contributed by atoms with Gasteiger partial charge in [-0.2, -0.15) is 0 Å². The summed E-state index contributed by atoms with van der Waals surface area (Å²) in [5.74, 6) is 0. The van der Waals surface area contributed by atoms with Crippen LogP contribution in [0.2, 0.25) is 0 Å². The van der Waals surface area contributed by atoms with Crippen molar-refractivity contribution in [2.75, 3.05) is 11.9 Å². The molecule has 0 aliphatic heterocycles. The molecule has 2 aromatic heterocycles. The molecule has 0 aliphatic carbocycles. The molecule has 0 spiro atoms. The minimum atomic E-state index is 0.991. The summed E-state index contributed by atoms with van der Waals surface area (Å²) in [4.78, 5) is 4.74. The Morgan fingerprint density at radius 2 is 2.00 bits per heavy atom. The number of nitrogens with zero attached hydrogens (tertiary/aromatic N) is 1. The first-order valence-corrected chi connectivity index (χ1v) is 7.44. The lowest BCUT2D eigenvalue weighted by molar-refractivity contribution is 0.981. The van der Waals surface area contributed by atoms with Gasteiger partial charge in [0.15, 0.2) is 0 Å². The number of rotatable bonds is 4. The molecule has 0 unspecified atom stereocenters. The lowest BCUT2D eigenvalue weighted by Gasteiger charge is -2.09. The van der Waals surface area contributed by atoms with E-state index in [4.69, 9.17) is 4.98 Å². The minimum absolute atomic E-state index is 0.991. The molecule has 2 heterocycles. The van der Waals surface area contributed by atoms with Crippen LogP contribution in [0, 0.1) is 0 Å². The van der Waals surface area contributed by atoms with Gasteiger partial charge in [0.1, 0.15) is 0 Å². The lowest BCUT2D eigenvalue weighted by Crippen LogP contribution is -2.00. The van der Waals surface area contributed by atoms with Crippen LogP contribution in [-0.2, 0) is 0 Å². The second-order valence-electron chi connectivity index (χ2n) is 4.48. The van der Waals surface area contributed by atoms with Gasteiger partial charge in [-0.1, -0.05) is 37.3 Å². The molecule has 0 radical (unpaired) electrons. The molecule has 0 atom stereocenters. The summed E-state index contributed by atoms with van der Waals surface area (Å²) in [6.07, 6.45) is 1.12. The molecule has 96 valence electrons. The molecule has 0 amide bonds. The zero-order valence-electron chi connectivity index (χ0n) is 10.9. The number of aromatic nitrogens is 1. The maximum Gasteiger partial charge on any atom is 0.0838 e. The van der Waals surface area contributed by atoms with Crippen molar-refractivity contribution in [3.63, 3.8) is 0 Å². The SMILES string of the molecule is CCCNc1cc(-c2ccccc2)nc2ccsc12. The van der Waals surface area contributed by atoms with Gasteiger partial charge in [-0.3, -0.25) is 0 Å². The maximum absolute atomic E-state index is 4.74. The van der Waals surface area contributed by atoms with Crippen LogP contribution in [-0.4, -0.2) is 11.5 Å². The van der Waals surface area contributed by atoms with Crippen molar-refractivity contribution in [2.45, 2.75) is 13.3 Å². The second-order valence-corrected chi connectivity index (χ2v) is 5.40. The monoisotopic (exact) mass is 268 g/mol. The van der Waals surface area contributed by atoms with E-state index in [1.807, 2.05) is 18.2 Å². The van der Waals surface area contributed by atoms with Gasteiger partial charge in [0, 0.05) is 12.1 Å². The average Bonchev–Trinajstić information content (AvgIpc) is 2.94. The van der Waals surface area contributed by atoms with Crippen LogP contribution in [0.15, 0.2) is 47.8 Å². The molecule has 0 fully saturated rings. The van der Waals surface area contributed by atoms with Crippen molar-refractivity contribution in [2.24, 2.45) is 0 Å². The molecule has 0 saturated carbocycles. The van der Waals surface area contributed by atoms with Crippen LogP contribution in [0.3, 0.4) is 0 Å². The molecule has 0 saturated heterocycles. The van der Waals surface area contributed by atoms with Gasteiger partial charge >= 0.3 is 0 Å². The fraction of sp³-hybridized carbons (Fsp3) is 0.188. The highest BCUT2D eigenvalue weighted by Crippen LogP contribution is 2.31. The van der Waals surface area contributed by atoms with Crippen molar-refractivity contribution in [1.82, 2.24) is 4.98 Å². The molecule has 0 aliphatic rings. The minimum Gasteiger partial charge on any atom is -0.384 e. The van der Waals surface area contributed by atoms with E-state index in [9.17, 15) is 0 Å². The standard InChI is InChI=1S/C16H16N2S/c1-2-9-17-15-11-14(12-6-4-3-5-7-12)18-13-8-10-19-16(13)15/h3-8,10-11H,2,9H2,1H3,(H,17,18). The summed E-state index contributed by atoms with van der Waals surface area (Å²) < 4.78 is 1.24. The van der Waals surface area contributed by atoms with Gasteiger partial charge in [0.05, 0.1) is 21.6 Å². The van der Waals surface area contributed by atoms with Crippen molar-refractivity contribution in [3.8, 4) is 11.3 Å². The van der Waals surface area contributed by atoms with Crippen molar-refractivity contribution < 1.29 is 0 Å². The van der Waals surface area contributed by atoms with Crippen LogP contribution in [0.5, 0.6) is 0 Å². The number of hydrogen-bond donors (Lipinski definition) is 1. The Kier molecular flexibility index (Phi) is 3.47. The third-order valence-electron chi connectivity index (χ3n) is 3.05. The van der Waals surface area contributed by atoms with E-state index in [1.54, 1.807) is 11.3 Å². The maximum atomic E-state index is 4.74. The number of anilines is 1. The summed E-state index contributed by atoms with van der Waals surface area (Å²) in [5, 5.41) is 5.60. The summed E-state index contributed by atoms with van der Waals surface area (Å²) in [6, 6.07) is 14.6. The predicted molar refractivity (Wildman–Crippen MR) is 83.8 cm³/mol. The van der Waals surface area contributed by atoms with Crippen LogP contribution >= 0.6 is 11.3 Å². The second kappa shape index (κ2) is 5.41. The predicted octanol–water partition coefficient (Wildman–Crippen LogP) is 4.79. The van der Waals surface area contributed by atoms with E-state index < -0.39 is 0 Å². The van der Waals surface area contributed by atoms with Gasteiger partial charge in [0.25, 0.3) is 0 Å². The zero-order chi connectivity index (χ0) is 13.1. The van der Waals surface area contributed by atoms with Crippen LogP contribution in [0.25, 0.3) is 21.5 Å². The first-order valence-electron chi connectivity index (χ1n) is 6.56. The third kappa shape index (κ3) is 2.47. The van der Waals surface area contributed by atoms with Crippen molar-refractivity contribution >= 4 is 27.2 Å². The van der Waals surface area contributed by atoms with E-state index in [2.05, 4.69) is 41.9 Å². The van der Waals surface area contributed by atoms with E-state index >= 15 is 0 Å². The Bertz CT molecular complexity index is 674. The number of hydrogen-bond acceptors (Lipinski definition) is 3. The average molecular weight is 268 g/mol. The molecule has 0 bridgehead atoms. The Labute approximate surface area is 117 Å². The number of pyridine rings is 1. The normalized spacial score (nSPS) is 10.8. The van der Waals surface area contributed by atoms with E-state index in [-0.39, 0.29) is 0 Å². The first-order chi connectivity index (χ1) is 9.38. The third-order valence-corrected chi connectivity index (χ3v) is 3.98. The molecule has 3 rings (SSSR count). The highest BCUT2D eigenvalue weighted by Gasteiger charge is 2.08. The van der Waals surface area contributed by atoms with Gasteiger partial charge in [-0.15, -0.1) is 11.3 Å². The van der Waals surface area contributed by atoms with Crippen LogP contribution in [0.1, 0.15) is 13.3 Å². The number of thiophene rings is 1. The fourth-order valence-corrected chi connectivity index (χ4v) is 2.93. The quantitative estimate of drug-likeness (QED) is 0.736. The summed E-state index contributed by atoms with van der Waals surface area (Å²) in [7, 11) is 0. The smallest absolute Gasteiger partial charge is 0.0838 e. The molecule has 1 N–H and O–H groups in total. The Balaban J connectivity index is 2.11. The van der Waals surface area contributed by atoms with E-state index in [0.29, 0.717) is 0 Å². The Morgan fingerprint density at radius 1 is 1.16 bits per heavy atom. The van der Waals surface area contributed by atoms with E-state index in [0.717, 1.165) is 29.7 Å². The van der Waals surface area contributed by atoms with Crippen LogP contribution in [0.4, 0.5) is 5.69 Å². The number of benzene rings is 1. The van der Waals surface area contributed by atoms with Gasteiger partial charge in [0.2, 0.25) is 0 Å². The van der Waals surface area contributed by atoms with Crippen LogP contribution < -0.4 is 5.32 Å². The van der Waals surface area contributed by atoms with E-state index in [1.165, 1.54) is 10.4 Å². The van der Waals surface area contributed by atoms with Gasteiger partial charge in [-0.05, 0) is 23.9 Å². The molecular formula is C16H16N2S. The largest absolute Gasteiger partial charge is 0.384 e. The van der Waals surface area contributed by atoms with Gasteiger partial charge in [-0.25, -0.2) is 4.98 Å². The van der Waals surface area contributed by atoms with Crippen molar-refractivity contribution in [1.29, 1.82) is 0 Å². The first kappa shape index (κ1) is 12.2. The number of nitrogens with one attached hydrogen (secondary N) is 1. The highest BCUT2D eigenvalue weighted by molar-refractivity contribution is 7.17. The summed E-state index contributed by atoms with van der Waals surface area (Å²) >= 11 is 1.74. The highest BCUT2D eigenvalue weighted by atomic mass is 32.1. The Morgan fingerprint density at radius 3 is 2.79 bits per heavy atom. The molecular weight excluding hydrogens is 252 g/mol. The van der Waals surface area contributed by atoms with Crippen molar-refractivity contribution in [3.05, 3.63) is 47.8 Å². The molecule has 3 aromatic rings. The molecule has 2 nitrogen and oxygen atoms in total. The Hall–Kier alpha value is -1.87. The van der Waals surface area contributed by atoms with Gasteiger partial charge < -0.3 is 5.32 Å². The molecule has 19 heavy (non-hydrogen) atoms. The fourth-order valence-electron chi connectivity index (χ4n) is 2.10. The number of fused-ring (bicyclic) bond motifs is 1.